The van der Waals surface area contributed by atoms with Crippen molar-refractivity contribution in [3.63, 3.8) is 0 Å². The molecule has 0 aliphatic carbocycles. The summed E-state index contributed by atoms with van der Waals surface area (Å²) in [6.07, 6.45) is 0.507. The minimum Gasteiger partial charge on any atom is -0.466 e. The number of carbonyl (C=O) groups is 1. The van der Waals surface area contributed by atoms with Crippen molar-refractivity contribution < 1.29 is 9.53 Å². The van der Waals surface area contributed by atoms with E-state index in [9.17, 15) is 4.79 Å². The molecule has 2 rings (SSSR count). The van der Waals surface area contributed by atoms with Gasteiger partial charge in [-0.15, -0.1) is 0 Å². The fourth-order valence-electron chi connectivity index (χ4n) is 2.06. The molecule has 1 N–H and O–H groups in total. The quantitative estimate of drug-likeness (QED) is 0.842. The van der Waals surface area contributed by atoms with Crippen molar-refractivity contribution in [1.82, 2.24) is 5.43 Å². The van der Waals surface area contributed by atoms with E-state index in [2.05, 4.69) is 31.3 Å². The van der Waals surface area contributed by atoms with Crippen molar-refractivity contribution in [2.45, 2.75) is 27.2 Å². The van der Waals surface area contributed by atoms with Crippen LogP contribution in [0.25, 0.3) is 5.70 Å². The van der Waals surface area contributed by atoms with Crippen molar-refractivity contribution in [3.05, 3.63) is 41.5 Å². The maximum absolute atomic E-state index is 12.0. The highest BCUT2D eigenvalue weighted by atomic mass is 16.5. The Labute approximate surface area is 119 Å². The van der Waals surface area contributed by atoms with Crippen molar-refractivity contribution >= 4 is 17.4 Å². The first-order valence-corrected chi connectivity index (χ1v) is 6.63. The zero-order valence-electron chi connectivity index (χ0n) is 12.4. The van der Waals surface area contributed by atoms with Gasteiger partial charge in [-0.25, -0.2) is 4.79 Å². The Hall–Kier alpha value is -2.10. The summed E-state index contributed by atoms with van der Waals surface area (Å²) < 4.78 is 4.91. The van der Waals surface area contributed by atoms with Crippen LogP contribution in [0.2, 0.25) is 0 Å². The molecular formula is C16H20N2O2. The first kappa shape index (κ1) is 14.3. The van der Waals surface area contributed by atoms with Crippen LogP contribution < -0.4 is 5.43 Å². The van der Waals surface area contributed by atoms with E-state index in [0.29, 0.717) is 12.0 Å². The predicted octanol–water partition coefficient (Wildman–Crippen LogP) is 2.97. The number of hydrazone groups is 1. The molecule has 0 fully saturated rings. The van der Waals surface area contributed by atoms with Crippen LogP contribution in [0.5, 0.6) is 0 Å². The van der Waals surface area contributed by atoms with E-state index < -0.39 is 0 Å². The Kier molecular flexibility index (Phi) is 3.93. The summed E-state index contributed by atoms with van der Waals surface area (Å²) in [5, 5.41) is 4.43. The van der Waals surface area contributed by atoms with Gasteiger partial charge in [0.2, 0.25) is 0 Å². The van der Waals surface area contributed by atoms with Crippen molar-refractivity contribution in [3.8, 4) is 0 Å². The summed E-state index contributed by atoms with van der Waals surface area (Å²) >= 11 is 0. The molecule has 106 valence electrons. The van der Waals surface area contributed by atoms with Crippen LogP contribution in [-0.4, -0.2) is 18.8 Å². The van der Waals surface area contributed by atoms with E-state index in [4.69, 9.17) is 4.74 Å². The second-order valence-corrected chi connectivity index (χ2v) is 5.81. The van der Waals surface area contributed by atoms with E-state index in [1.54, 1.807) is 0 Å². The molecule has 0 aromatic heterocycles. The van der Waals surface area contributed by atoms with Gasteiger partial charge in [0.25, 0.3) is 0 Å². The third-order valence-electron chi connectivity index (χ3n) is 3.31. The number of hydrogen-bond donors (Lipinski definition) is 1. The molecular weight excluding hydrogens is 252 g/mol. The highest BCUT2D eigenvalue weighted by molar-refractivity contribution is 6.06. The first-order valence-electron chi connectivity index (χ1n) is 6.63. The zero-order valence-corrected chi connectivity index (χ0v) is 12.4. The van der Waals surface area contributed by atoms with Gasteiger partial charge in [-0.05, 0) is 0 Å². The molecule has 0 saturated carbocycles. The summed E-state index contributed by atoms with van der Waals surface area (Å²) in [5.41, 5.74) is 6.16. The third kappa shape index (κ3) is 2.90. The smallest absolute Gasteiger partial charge is 0.336 e. The molecule has 0 amide bonds. The number of esters is 1. The van der Waals surface area contributed by atoms with Gasteiger partial charge in [0.1, 0.15) is 0 Å². The lowest BCUT2D eigenvalue weighted by molar-refractivity contribution is -0.136. The van der Waals surface area contributed by atoms with Gasteiger partial charge < -0.3 is 4.74 Å². The molecule has 1 aromatic carbocycles. The molecule has 20 heavy (non-hydrogen) atoms. The lowest BCUT2D eigenvalue weighted by atomic mass is 9.84. The number of nitrogens with zero attached hydrogens (tertiary/aromatic N) is 1. The number of ether oxygens (including phenoxy) is 1. The zero-order chi connectivity index (χ0) is 14.8. The average molecular weight is 272 g/mol. The summed E-state index contributed by atoms with van der Waals surface area (Å²) in [6, 6.07) is 9.70. The topological polar surface area (TPSA) is 50.7 Å². The molecule has 1 aliphatic rings. The van der Waals surface area contributed by atoms with Gasteiger partial charge in [0.15, 0.2) is 0 Å². The number of methoxy groups -OCH3 is 1. The Morgan fingerprint density at radius 3 is 2.45 bits per heavy atom. The van der Waals surface area contributed by atoms with Crippen molar-refractivity contribution in [2.75, 3.05) is 7.11 Å². The maximum atomic E-state index is 12.0. The lowest BCUT2D eigenvalue weighted by Gasteiger charge is -2.27. The van der Waals surface area contributed by atoms with Crippen LogP contribution in [-0.2, 0) is 9.53 Å². The summed E-state index contributed by atoms with van der Waals surface area (Å²) in [6.45, 7) is 6.24. The molecule has 1 heterocycles. The second kappa shape index (κ2) is 5.49. The number of hydrogen-bond acceptors (Lipinski definition) is 4. The van der Waals surface area contributed by atoms with Crippen LogP contribution in [0.1, 0.15) is 32.8 Å². The van der Waals surface area contributed by atoms with Crippen LogP contribution in [0, 0.1) is 5.41 Å². The molecule has 0 atom stereocenters. The fourth-order valence-corrected chi connectivity index (χ4v) is 2.06. The molecule has 4 heteroatoms. The van der Waals surface area contributed by atoms with Gasteiger partial charge in [-0.3, -0.25) is 5.43 Å². The van der Waals surface area contributed by atoms with Crippen LogP contribution in [0.3, 0.4) is 0 Å². The monoisotopic (exact) mass is 272 g/mol. The minimum atomic E-state index is -0.312. The summed E-state index contributed by atoms with van der Waals surface area (Å²) in [4.78, 5) is 12.0. The Morgan fingerprint density at radius 1 is 1.25 bits per heavy atom. The van der Waals surface area contributed by atoms with E-state index >= 15 is 0 Å². The first-order chi connectivity index (χ1) is 9.43. The van der Waals surface area contributed by atoms with Gasteiger partial charge in [0, 0.05) is 23.1 Å². The molecule has 0 unspecified atom stereocenters. The van der Waals surface area contributed by atoms with Crippen LogP contribution in [0.15, 0.2) is 41.0 Å². The Balaban J connectivity index is 2.42. The molecule has 0 spiro atoms. The number of carbonyl (C=O) groups excluding carboxylic acids is 1. The van der Waals surface area contributed by atoms with E-state index in [-0.39, 0.29) is 11.4 Å². The van der Waals surface area contributed by atoms with E-state index in [0.717, 1.165) is 17.0 Å². The van der Waals surface area contributed by atoms with Crippen LogP contribution >= 0.6 is 0 Å². The second-order valence-electron chi connectivity index (χ2n) is 5.81. The fraction of sp³-hybridized carbons (Fsp3) is 0.375. The van der Waals surface area contributed by atoms with Gasteiger partial charge in [0.05, 0.1) is 18.4 Å². The average Bonchev–Trinajstić information content (AvgIpc) is 2.45. The molecule has 0 bridgehead atoms. The van der Waals surface area contributed by atoms with Gasteiger partial charge >= 0.3 is 5.97 Å². The molecule has 0 radical (unpaired) electrons. The Bertz CT molecular complexity index is 566. The predicted molar refractivity (Wildman–Crippen MR) is 80.0 cm³/mol. The minimum absolute atomic E-state index is 0.0888. The summed E-state index contributed by atoms with van der Waals surface area (Å²) in [5.74, 6) is -0.312. The van der Waals surface area contributed by atoms with Gasteiger partial charge in [-0.1, -0.05) is 51.1 Å². The van der Waals surface area contributed by atoms with Crippen molar-refractivity contribution in [1.29, 1.82) is 0 Å². The van der Waals surface area contributed by atoms with Gasteiger partial charge in [-0.2, -0.15) is 5.10 Å². The molecule has 1 aromatic rings. The standard InChI is InChI=1S/C16H20N2O2/c1-16(2,3)13-10-12(15(19)20-4)14(18-17-13)11-8-6-5-7-9-11/h5-9,18H,10H2,1-4H3. The highest BCUT2D eigenvalue weighted by Crippen LogP contribution is 2.29. The number of benzene rings is 1. The SMILES string of the molecule is COC(=O)C1=C(c2ccccc2)NN=C(C(C)(C)C)C1. The van der Waals surface area contributed by atoms with E-state index in [1.165, 1.54) is 7.11 Å². The normalized spacial score (nSPS) is 15.5. The number of nitrogens with one attached hydrogen (secondary N) is 1. The van der Waals surface area contributed by atoms with Crippen LogP contribution in [0.4, 0.5) is 0 Å². The summed E-state index contributed by atoms with van der Waals surface area (Å²) in [7, 11) is 1.40. The highest BCUT2D eigenvalue weighted by Gasteiger charge is 2.29. The largest absolute Gasteiger partial charge is 0.466 e. The number of rotatable bonds is 2. The molecule has 1 aliphatic heterocycles. The maximum Gasteiger partial charge on any atom is 0.336 e. The van der Waals surface area contributed by atoms with E-state index in [1.807, 2.05) is 30.3 Å². The Morgan fingerprint density at radius 2 is 1.90 bits per heavy atom. The third-order valence-corrected chi connectivity index (χ3v) is 3.31. The molecule has 4 nitrogen and oxygen atoms in total. The van der Waals surface area contributed by atoms with Crippen molar-refractivity contribution in [2.24, 2.45) is 10.5 Å². The lowest BCUT2D eigenvalue weighted by Crippen LogP contribution is -2.30. The molecule has 0 saturated heterocycles.